The van der Waals surface area contributed by atoms with Crippen LogP contribution in [0.25, 0.3) is 0 Å². The van der Waals surface area contributed by atoms with Gasteiger partial charge in [0.25, 0.3) is 10.0 Å². The molecule has 0 radical (unpaired) electrons. The molecular weight excluding hydrogens is 268 g/mol. The maximum absolute atomic E-state index is 12.1. The Kier molecular flexibility index (Phi) is 3.82. The maximum atomic E-state index is 12.1. The van der Waals surface area contributed by atoms with E-state index in [1.165, 1.54) is 11.3 Å². The van der Waals surface area contributed by atoms with Gasteiger partial charge in [-0.3, -0.25) is 0 Å². The minimum absolute atomic E-state index is 0.209. The lowest BCUT2D eigenvalue weighted by atomic mass is 10.4. The molecule has 1 fully saturated rings. The summed E-state index contributed by atoms with van der Waals surface area (Å²) in [6.45, 7) is 6.80. The number of nitrogens with one attached hydrogen (secondary N) is 2. The molecule has 1 aliphatic rings. The van der Waals surface area contributed by atoms with Gasteiger partial charge in [-0.25, -0.2) is 13.1 Å². The van der Waals surface area contributed by atoms with Crippen LogP contribution in [0, 0.1) is 0 Å². The van der Waals surface area contributed by atoms with Crippen LogP contribution in [0.5, 0.6) is 0 Å². The normalized spacial score (nSPS) is 18.2. The highest BCUT2D eigenvalue weighted by atomic mass is 32.2. The van der Waals surface area contributed by atoms with E-state index in [1.54, 1.807) is 6.07 Å². The first-order valence-corrected chi connectivity index (χ1v) is 8.47. The molecular formula is C12H20N2O2S2. The average molecular weight is 288 g/mol. The van der Waals surface area contributed by atoms with Crippen LogP contribution < -0.4 is 10.0 Å². The van der Waals surface area contributed by atoms with E-state index in [0.717, 1.165) is 24.3 Å². The fourth-order valence-electron chi connectivity index (χ4n) is 1.57. The summed E-state index contributed by atoms with van der Waals surface area (Å²) in [7, 11) is -3.33. The quantitative estimate of drug-likeness (QED) is 0.842. The molecule has 1 saturated carbocycles. The molecule has 2 rings (SSSR count). The number of thiophene rings is 1. The topological polar surface area (TPSA) is 58.2 Å². The molecule has 0 saturated heterocycles. The Labute approximate surface area is 113 Å². The molecule has 0 unspecified atom stereocenters. The van der Waals surface area contributed by atoms with E-state index >= 15 is 0 Å². The number of sulfonamides is 1. The predicted octanol–water partition coefficient (Wildman–Crippen LogP) is 2.08. The summed E-state index contributed by atoms with van der Waals surface area (Å²) in [5, 5.41) is 3.28. The van der Waals surface area contributed by atoms with Gasteiger partial charge in [-0.05, 0) is 31.9 Å². The molecule has 0 aliphatic heterocycles. The smallest absolute Gasteiger partial charge is 0.250 e. The minimum atomic E-state index is -3.33. The molecule has 1 aliphatic carbocycles. The number of hydrogen-bond donors (Lipinski definition) is 2. The van der Waals surface area contributed by atoms with Crippen molar-refractivity contribution in [3.05, 3.63) is 17.0 Å². The van der Waals surface area contributed by atoms with Crippen molar-refractivity contribution >= 4 is 21.4 Å². The van der Waals surface area contributed by atoms with E-state index in [1.807, 2.05) is 13.0 Å². The van der Waals surface area contributed by atoms with E-state index in [0.29, 0.717) is 10.3 Å². The van der Waals surface area contributed by atoms with Crippen LogP contribution in [-0.2, 0) is 16.6 Å². The molecule has 0 spiro atoms. The van der Waals surface area contributed by atoms with Crippen molar-refractivity contribution < 1.29 is 8.42 Å². The molecule has 18 heavy (non-hydrogen) atoms. The van der Waals surface area contributed by atoms with E-state index < -0.39 is 10.0 Å². The maximum Gasteiger partial charge on any atom is 0.250 e. The molecule has 2 N–H and O–H groups in total. The van der Waals surface area contributed by atoms with Gasteiger partial charge >= 0.3 is 0 Å². The van der Waals surface area contributed by atoms with E-state index in [4.69, 9.17) is 0 Å². The van der Waals surface area contributed by atoms with Crippen LogP contribution >= 0.6 is 11.3 Å². The van der Waals surface area contributed by atoms with Crippen LogP contribution in [0.3, 0.4) is 0 Å². The molecule has 0 amide bonds. The summed E-state index contributed by atoms with van der Waals surface area (Å²) >= 11 is 1.34. The van der Waals surface area contributed by atoms with Gasteiger partial charge in [-0.15, -0.1) is 11.3 Å². The highest BCUT2D eigenvalue weighted by molar-refractivity contribution is 7.91. The summed E-state index contributed by atoms with van der Waals surface area (Å²) < 4.78 is 27.4. The van der Waals surface area contributed by atoms with Crippen molar-refractivity contribution in [2.45, 2.75) is 55.9 Å². The Morgan fingerprint density at radius 3 is 2.61 bits per heavy atom. The summed E-state index contributed by atoms with van der Waals surface area (Å²) in [4.78, 5) is 1.05. The zero-order valence-corrected chi connectivity index (χ0v) is 12.6. The monoisotopic (exact) mass is 288 g/mol. The molecule has 0 aromatic carbocycles. The van der Waals surface area contributed by atoms with Gasteiger partial charge in [0.2, 0.25) is 0 Å². The lowest BCUT2D eigenvalue weighted by Crippen LogP contribution is -2.33. The fourth-order valence-corrected chi connectivity index (χ4v) is 4.34. The van der Waals surface area contributed by atoms with Crippen molar-refractivity contribution in [1.82, 2.24) is 10.0 Å². The molecule has 102 valence electrons. The van der Waals surface area contributed by atoms with Gasteiger partial charge in [-0.2, -0.15) is 0 Å². The summed E-state index contributed by atoms with van der Waals surface area (Å²) in [5.41, 5.74) is -0.209. The molecule has 1 aromatic heterocycles. The number of hydrogen-bond acceptors (Lipinski definition) is 4. The van der Waals surface area contributed by atoms with Crippen LogP contribution in [0.4, 0.5) is 0 Å². The van der Waals surface area contributed by atoms with Crippen LogP contribution in [0.1, 0.15) is 38.5 Å². The Morgan fingerprint density at radius 2 is 2.06 bits per heavy atom. The van der Waals surface area contributed by atoms with Crippen LogP contribution in [0.15, 0.2) is 16.3 Å². The first kappa shape index (κ1) is 14.0. The van der Waals surface area contributed by atoms with Crippen molar-refractivity contribution in [3.8, 4) is 0 Å². The minimum Gasteiger partial charge on any atom is -0.310 e. The van der Waals surface area contributed by atoms with E-state index in [2.05, 4.69) is 23.9 Å². The summed E-state index contributed by atoms with van der Waals surface area (Å²) in [5.74, 6) is 0. The van der Waals surface area contributed by atoms with Crippen LogP contribution in [-0.4, -0.2) is 20.0 Å². The van der Waals surface area contributed by atoms with Gasteiger partial charge in [0.05, 0.1) is 0 Å². The molecule has 0 bridgehead atoms. The molecule has 4 nitrogen and oxygen atoms in total. The van der Waals surface area contributed by atoms with Crippen molar-refractivity contribution in [3.63, 3.8) is 0 Å². The fraction of sp³-hybridized carbons (Fsp3) is 0.667. The van der Waals surface area contributed by atoms with Crippen molar-refractivity contribution in [2.24, 2.45) is 0 Å². The third-order valence-corrected chi connectivity index (χ3v) is 6.18. The highest BCUT2D eigenvalue weighted by Gasteiger charge is 2.41. The molecule has 0 atom stereocenters. The van der Waals surface area contributed by atoms with E-state index in [9.17, 15) is 8.42 Å². The first-order valence-electron chi connectivity index (χ1n) is 6.17. The van der Waals surface area contributed by atoms with Gasteiger partial charge in [0, 0.05) is 23.0 Å². The van der Waals surface area contributed by atoms with Gasteiger partial charge < -0.3 is 5.32 Å². The Hall–Kier alpha value is -0.430. The lowest BCUT2D eigenvalue weighted by Gasteiger charge is -2.10. The Bertz CT molecular complexity index is 516. The van der Waals surface area contributed by atoms with Crippen molar-refractivity contribution in [2.75, 3.05) is 0 Å². The zero-order chi connectivity index (χ0) is 13.4. The second kappa shape index (κ2) is 4.92. The SMILES string of the molecule is CC(C)NCc1ccc(S(=O)(=O)NC2(C)CC2)s1. The molecule has 1 aromatic rings. The third-order valence-electron chi connectivity index (χ3n) is 2.97. The zero-order valence-electron chi connectivity index (χ0n) is 11.0. The standard InChI is InChI=1S/C12H20N2O2S2/c1-9(2)13-8-10-4-5-11(17-10)18(15,16)14-12(3)6-7-12/h4-5,9,13-14H,6-8H2,1-3H3. The molecule has 1 heterocycles. The Balaban J connectivity index is 2.04. The third kappa shape index (κ3) is 3.54. The Morgan fingerprint density at radius 1 is 1.39 bits per heavy atom. The predicted molar refractivity (Wildman–Crippen MR) is 74.3 cm³/mol. The van der Waals surface area contributed by atoms with Crippen LogP contribution in [0.2, 0.25) is 0 Å². The largest absolute Gasteiger partial charge is 0.310 e. The van der Waals surface area contributed by atoms with E-state index in [-0.39, 0.29) is 5.54 Å². The van der Waals surface area contributed by atoms with Gasteiger partial charge in [0.1, 0.15) is 4.21 Å². The number of rotatable bonds is 6. The first-order chi connectivity index (χ1) is 8.31. The summed E-state index contributed by atoms with van der Waals surface area (Å²) in [6.07, 6.45) is 1.86. The van der Waals surface area contributed by atoms with Gasteiger partial charge in [0.15, 0.2) is 0 Å². The highest BCUT2D eigenvalue weighted by Crippen LogP contribution is 2.36. The van der Waals surface area contributed by atoms with Gasteiger partial charge in [-0.1, -0.05) is 13.8 Å². The summed E-state index contributed by atoms with van der Waals surface area (Å²) in [6, 6.07) is 3.97. The average Bonchev–Trinajstić information content (AvgIpc) is 2.81. The molecule has 6 heteroatoms. The van der Waals surface area contributed by atoms with Crippen molar-refractivity contribution in [1.29, 1.82) is 0 Å². The lowest BCUT2D eigenvalue weighted by molar-refractivity contribution is 0.560. The second-order valence-electron chi connectivity index (χ2n) is 5.42. The second-order valence-corrected chi connectivity index (χ2v) is 8.50.